The molecule has 1 aliphatic rings. The third-order valence-corrected chi connectivity index (χ3v) is 4.99. The molecule has 148 valence electrons. The molecular formula is C20H29ClN4O2. The SMILES string of the molecule is CCOC(=O)c1cc(C)c(C2CCCN(C(/C=C(\N)Cl)=C(N)N)C2)cc1C. The fraction of sp³-hybridized carbons (Fsp3) is 0.450. The van der Waals surface area contributed by atoms with Crippen molar-refractivity contribution in [2.24, 2.45) is 17.2 Å². The zero-order valence-electron chi connectivity index (χ0n) is 16.2. The van der Waals surface area contributed by atoms with Gasteiger partial charge in [0, 0.05) is 19.0 Å². The molecule has 0 spiro atoms. The van der Waals surface area contributed by atoms with E-state index in [0.29, 0.717) is 23.8 Å². The largest absolute Gasteiger partial charge is 0.462 e. The summed E-state index contributed by atoms with van der Waals surface area (Å²) in [6, 6.07) is 4.02. The van der Waals surface area contributed by atoms with E-state index >= 15 is 0 Å². The minimum absolute atomic E-state index is 0.145. The van der Waals surface area contributed by atoms with Gasteiger partial charge in [0.1, 0.15) is 11.0 Å². The summed E-state index contributed by atoms with van der Waals surface area (Å²) >= 11 is 5.83. The minimum atomic E-state index is -0.279. The molecule has 1 fully saturated rings. The second-order valence-corrected chi connectivity index (χ2v) is 7.34. The number of hydrogen-bond acceptors (Lipinski definition) is 6. The normalized spacial score (nSPS) is 17.6. The first-order chi connectivity index (χ1) is 12.7. The molecule has 0 radical (unpaired) electrons. The molecule has 27 heavy (non-hydrogen) atoms. The molecule has 2 rings (SSSR count). The number of rotatable bonds is 5. The van der Waals surface area contributed by atoms with Gasteiger partial charge in [-0.3, -0.25) is 0 Å². The molecule has 0 aliphatic carbocycles. The van der Waals surface area contributed by atoms with Crippen LogP contribution in [0.25, 0.3) is 0 Å². The molecular weight excluding hydrogens is 364 g/mol. The summed E-state index contributed by atoms with van der Waals surface area (Å²) < 4.78 is 5.15. The van der Waals surface area contributed by atoms with Crippen molar-refractivity contribution in [3.05, 3.63) is 57.1 Å². The second-order valence-electron chi connectivity index (χ2n) is 6.90. The fourth-order valence-electron chi connectivity index (χ4n) is 3.64. The van der Waals surface area contributed by atoms with Crippen LogP contribution in [0.3, 0.4) is 0 Å². The van der Waals surface area contributed by atoms with Crippen LogP contribution in [0, 0.1) is 13.8 Å². The number of carbonyl (C=O) groups is 1. The zero-order chi connectivity index (χ0) is 20.1. The molecule has 0 saturated carbocycles. The Morgan fingerprint density at radius 1 is 1.30 bits per heavy atom. The van der Waals surface area contributed by atoms with Gasteiger partial charge in [-0.25, -0.2) is 4.79 Å². The van der Waals surface area contributed by atoms with E-state index in [4.69, 9.17) is 33.5 Å². The molecule has 0 amide bonds. The van der Waals surface area contributed by atoms with Crippen molar-refractivity contribution in [2.75, 3.05) is 19.7 Å². The lowest BCUT2D eigenvalue weighted by Crippen LogP contribution is -2.36. The Labute approximate surface area is 166 Å². The summed E-state index contributed by atoms with van der Waals surface area (Å²) in [5.41, 5.74) is 21.8. The number of ether oxygens (including phenoxy) is 1. The van der Waals surface area contributed by atoms with Crippen LogP contribution >= 0.6 is 11.6 Å². The summed E-state index contributed by atoms with van der Waals surface area (Å²) in [6.45, 7) is 7.73. The number of halogens is 1. The molecule has 1 heterocycles. The number of benzene rings is 1. The number of nitrogens with two attached hydrogens (primary N) is 3. The van der Waals surface area contributed by atoms with Gasteiger partial charge in [0.25, 0.3) is 0 Å². The highest BCUT2D eigenvalue weighted by Gasteiger charge is 2.25. The number of hydrogen-bond donors (Lipinski definition) is 3. The smallest absolute Gasteiger partial charge is 0.338 e. The molecule has 0 bridgehead atoms. The van der Waals surface area contributed by atoms with Crippen LogP contribution in [0.2, 0.25) is 0 Å². The van der Waals surface area contributed by atoms with Crippen molar-refractivity contribution in [1.29, 1.82) is 0 Å². The average molecular weight is 393 g/mol. The second kappa shape index (κ2) is 9.04. The molecule has 6 nitrogen and oxygen atoms in total. The highest BCUT2D eigenvalue weighted by molar-refractivity contribution is 6.29. The van der Waals surface area contributed by atoms with Crippen molar-refractivity contribution in [3.63, 3.8) is 0 Å². The number of esters is 1. The molecule has 1 atom stereocenters. The summed E-state index contributed by atoms with van der Waals surface area (Å²) in [5, 5.41) is 0.145. The summed E-state index contributed by atoms with van der Waals surface area (Å²) in [4.78, 5) is 14.2. The summed E-state index contributed by atoms with van der Waals surface area (Å²) in [7, 11) is 0. The molecule has 1 aliphatic heterocycles. The highest BCUT2D eigenvalue weighted by atomic mass is 35.5. The summed E-state index contributed by atoms with van der Waals surface area (Å²) in [6.07, 6.45) is 3.64. The Morgan fingerprint density at radius 2 is 2.00 bits per heavy atom. The predicted molar refractivity (Wildman–Crippen MR) is 109 cm³/mol. The van der Waals surface area contributed by atoms with E-state index in [1.165, 1.54) is 5.56 Å². The highest BCUT2D eigenvalue weighted by Crippen LogP contribution is 2.33. The van der Waals surface area contributed by atoms with E-state index in [9.17, 15) is 4.79 Å². The zero-order valence-corrected chi connectivity index (χ0v) is 17.0. The Kier molecular flexibility index (Phi) is 7.02. The number of carbonyl (C=O) groups excluding carboxylic acids is 1. The van der Waals surface area contributed by atoms with Gasteiger partial charge in [-0.2, -0.15) is 0 Å². The third kappa shape index (κ3) is 5.10. The maximum absolute atomic E-state index is 12.1. The number of likely N-dealkylation sites (tertiary alicyclic amines) is 1. The fourth-order valence-corrected chi connectivity index (χ4v) is 3.75. The number of piperidine rings is 1. The average Bonchev–Trinajstić information content (AvgIpc) is 2.61. The van der Waals surface area contributed by atoms with Crippen LogP contribution < -0.4 is 17.2 Å². The standard InChI is InChI=1S/C20H29ClN4O2/c1-4-27-20(26)16-9-12(2)15(8-13(16)3)14-6-5-7-25(11-14)17(19(23)24)10-18(21)22/h8-10,14H,4-7,11,22-24H2,1-3H3/b18-10-. The Bertz CT molecular complexity index is 765. The molecule has 7 heteroatoms. The van der Waals surface area contributed by atoms with E-state index in [2.05, 4.69) is 11.0 Å². The lowest BCUT2D eigenvalue weighted by molar-refractivity contribution is 0.0525. The predicted octanol–water partition coefficient (Wildman–Crippen LogP) is 2.78. The van der Waals surface area contributed by atoms with Gasteiger partial charge in [0.15, 0.2) is 0 Å². The van der Waals surface area contributed by atoms with E-state index in [1.54, 1.807) is 13.0 Å². The topological polar surface area (TPSA) is 108 Å². The number of allylic oxidation sites excluding steroid dienone is 1. The Morgan fingerprint density at radius 3 is 2.59 bits per heavy atom. The minimum Gasteiger partial charge on any atom is -0.462 e. The first kappa shape index (κ1) is 21.0. The van der Waals surface area contributed by atoms with Crippen LogP contribution in [0.4, 0.5) is 0 Å². The Balaban J connectivity index is 2.31. The van der Waals surface area contributed by atoms with Crippen molar-refractivity contribution in [1.82, 2.24) is 4.90 Å². The van der Waals surface area contributed by atoms with Crippen LogP contribution in [-0.4, -0.2) is 30.6 Å². The van der Waals surface area contributed by atoms with Crippen molar-refractivity contribution in [2.45, 2.75) is 39.5 Å². The van der Waals surface area contributed by atoms with Crippen molar-refractivity contribution in [3.8, 4) is 0 Å². The summed E-state index contributed by atoms with van der Waals surface area (Å²) in [5.74, 6) is 0.219. The molecule has 1 aromatic rings. The van der Waals surface area contributed by atoms with Gasteiger partial charge in [0.05, 0.1) is 17.9 Å². The van der Waals surface area contributed by atoms with E-state index in [1.807, 2.05) is 19.9 Å². The first-order valence-corrected chi connectivity index (χ1v) is 9.53. The molecule has 1 saturated heterocycles. The van der Waals surface area contributed by atoms with Gasteiger partial charge in [0.2, 0.25) is 0 Å². The number of aryl methyl sites for hydroxylation is 2. The maximum Gasteiger partial charge on any atom is 0.338 e. The molecule has 1 aromatic carbocycles. The lowest BCUT2D eigenvalue weighted by Gasteiger charge is -2.36. The van der Waals surface area contributed by atoms with Crippen LogP contribution in [0.1, 0.15) is 52.7 Å². The Hall–Kier alpha value is -2.34. The molecule has 0 aromatic heterocycles. The van der Waals surface area contributed by atoms with Gasteiger partial charge in [-0.15, -0.1) is 0 Å². The lowest BCUT2D eigenvalue weighted by atomic mass is 9.85. The quantitative estimate of drug-likeness (QED) is 0.404. The number of nitrogens with zero attached hydrogens (tertiary/aromatic N) is 1. The van der Waals surface area contributed by atoms with E-state index < -0.39 is 0 Å². The molecule has 6 N–H and O–H groups in total. The van der Waals surface area contributed by atoms with E-state index in [-0.39, 0.29) is 16.9 Å². The maximum atomic E-state index is 12.1. The van der Waals surface area contributed by atoms with Crippen molar-refractivity contribution < 1.29 is 9.53 Å². The van der Waals surface area contributed by atoms with Crippen LogP contribution in [0.5, 0.6) is 0 Å². The van der Waals surface area contributed by atoms with Crippen molar-refractivity contribution >= 4 is 17.6 Å². The van der Waals surface area contributed by atoms with Gasteiger partial charge in [-0.05, 0) is 62.4 Å². The first-order valence-electron chi connectivity index (χ1n) is 9.15. The van der Waals surface area contributed by atoms with Gasteiger partial charge >= 0.3 is 5.97 Å². The molecule has 1 unspecified atom stereocenters. The van der Waals surface area contributed by atoms with Crippen LogP contribution in [0.15, 0.2) is 34.9 Å². The monoisotopic (exact) mass is 392 g/mol. The third-order valence-electron chi connectivity index (χ3n) is 4.88. The van der Waals surface area contributed by atoms with Gasteiger partial charge < -0.3 is 26.8 Å². The van der Waals surface area contributed by atoms with E-state index in [0.717, 1.165) is 37.1 Å². The van der Waals surface area contributed by atoms with Gasteiger partial charge in [-0.1, -0.05) is 17.7 Å². The van der Waals surface area contributed by atoms with Crippen LogP contribution in [-0.2, 0) is 4.74 Å².